The molecule has 0 saturated carbocycles. The molecule has 0 aliphatic carbocycles. The minimum atomic E-state index is -0.487. The van der Waals surface area contributed by atoms with Gasteiger partial charge in [0.05, 0.1) is 6.10 Å². The summed E-state index contributed by atoms with van der Waals surface area (Å²) in [5, 5.41) is 13.0. The van der Waals surface area contributed by atoms with Gasteiger partial charge in [-0.3, -0.25) is 0 Å². The maximum Gasteiger partial charge on any atom is 0.127 e. The van der Waals surface area contributed by atoms with Crippen molar-refractivity contribution in [3.05, 3.63) is 27.7 Å². The van der Waals surface area contributed by atoms with Crippen molar-refractivity contribution in [2.75, 3.05) is 6.54 Å². The Morgan fingerprint density at radius 2 is 2.05 bits per heavy atom. The van der Waals surface area contributed by atoms with Gasteiger partial charge in [-0.15, -0.1) is 0 Å². The zero-order chi connectivity index (χ0) is 14.4. The second kappa shape index (κ2) is 7.88. The lowest BCUT2D eigenvalue weighted by Crippen LogP contribution is -2.27. The van der Waals surface area contributed by atoms with Gasteiger partial charge in [-0.05, 0) is 51.4 Å². The molecule has 2 unspecified atom stereocenters. The maximum absolute atomic E-state index is 9.58. The molecule has 2 atom stereocenters. The van der Waals surface area contributed by atoms with Crippen molar-refractivity contribution in [2.45, 2.75) is 52.9 Å². The van der Waals surface area contributed by atoms with Crippen molar-refractivity contribution in [2.24, 2.45) is 0 Å². The van der Waals surface area contributed by atoms with Crippen LogP contribution in [0.2, 0.25) is 0 Å². The van der Waals surface area contributed by atoms with Gasteiger partial charge in [0.15, 0.2) is 0 Å². The quantitative estimate of drug-likeness (QED) is 0.753. The summed E-state index contributed by atoms with van der Waals surface area (Å²) in [6.07, 6.45) is 0.400. The van der Waals surface area contributed by atoms with Crippen LogP contribution >= 0.6 is 15.9 Å². The minimum absolute atomic E-state index is 0.218. The number of hydrogen-bond donors (Lipinski definition) is 2. The summed E-state index contributed by atoms with van der Waals surface area (Å²) < 4.78 is 6.96. The Hall–Kier alpha value is -0.580. The van der Waals surface area contributed by atoms with Crippen LogP contribution in [-0.4, -0.2) is 23.9 Å². The number of aliphatic hydroxyl groups is 1. The molecule has 0 saturated heterocycles. The number of halogens is 1. The predicted octanol–water partition coefficient (Wildman–Crippen LogP) is 3.41. The van der Waals surface area contributed by atoms with Crippen LogP contribution < -0.4 is 10.1 Å². The highest BCUT2D eigenvalue weighted by atomic mass is 79.9. The first-order chi connectivity index (χ1) is 8.95. The molecule has 2 N–H and O–H groups in total. The third kappa shape index (κ3) is 5.13. The van der Waals surface area contributed by atoms with Crippen molar-refractivity contribution in [3.8, 4) is 5.75 Å². The lowest BCUT2D eigenvalue weighted by Gasteiger charge is -2.22. The Morgan fingerprint density at radius 1 is 1.37 bits per heavy atom. The van der Waals surface area contributed by atoms with Gasteiger partial charge in [-0.2, -0.15) is 0 Å². The molecule has 0 spiro atoms. The van der Waals surface area contributed by atoms with Crippen LogP contribution in [0.15, 0.2) is 16.6 Å². The number of nitrogens with one attached hydrogen (secondary N) is 1. The van der Waals surface area contributed by atoms with E-state index in [2.05, 4.69) is 34.2 Å². The van der Waals surface area contributed by atoms with Crippen LogP contribution in [0.25, 0.3) is 0 Å². The van der Waals surface area contributed by atoms with Crippen LogP contribution in [-0.2, 0) is 6.54 Å². The maximum atomic E-state index is 9.58. The SMILES string of the molecule is CCCNCc1cc(Br)cc(C)c1OC(C)C(C)O. The molecule has 0 aliphatic rings. The summed E-state index contributed by atoms with van der Waals surface area (Å²) in [6, 6.07) is 4.10. The fourth-order valence-electron chi connectivity index (χ4n) is 1.78. The topological polar surface area (TPSA) is 41.5 Å². The van der Waals surface area contributed by atoms with Gasteiger partial charge in [-0.25, -0.2) is 0 Å². The van der Waals surface area contributed by atoms with Crippen molar-refractivity contribution in [1.82, 2.24) is 5.32 Å². The summed E-state index contributed by atoms with van der Waals surface area (Å²) >= 11 is 3.52. The fourth-order valence-corrected chi connectivity index (χ4v) is 2.40. The summed E-state index contributed by atoms with van der Waals surface area (Å²) in [4.78, 5) is 0. The number of rotatable bonds is 7. The van der Waals surface area contributed by atoms with E-state index in [1.165, 1.54) is 0 Å². The summed E-state index contributed by atoms with van der Waals surface area (Å²) in [6.45, 7) is 9.56. The largest absolute Gasteiger partial charge is 0.487 e. The van der Waals surface area contributed by atoms with Crippen molar-refractivity contribution in [3.63, 3.8) is 0 Å². The lowest BCUT2D eigenvalue weighted by molar-refractivity contribution is 0.0593. The monoisotopic (exact) mass is 329 g/mol. The molecule has 3 nitrogen and oxygen atoms in total. The van der Waals surface area contributed by atoms with E-state index < -0.39 is 6.10 Å². The number of ether oxygens (including phenoxy) is 1. The first-order valence-electron chi connectivity index (χ1n) is 6.80. The van der Waals surface area contributed by atoms with Gasteiger partial charge >= 0.3 is 0 Å². The number of benzene rings is 1. The molecular formula is C15H24BrNO2. The molecule has 19 heavy (non-hydrogen) atoms. The minimum Gasteiger partial charge on any atom is -0.487 e. The zero-order valence-electron chi connectivity index (χ0n) is 12.2. The Labute approximate surface area is 124 Å². The van der Waals surface area contributed by atoms with Crippen molar-refractivity contribution >= 4 is 15.9 Å². The van der Waals surface area contributed by atoms with Gasteiger partial charge in [0.25, 0.3) is 0 Å². The molecule has 0 amide bonds. The van der Waals surface area contributed by atoms with Crippen LogP contribution in [0, 0.1) is 6.92 Å². The smallest absolute Gasteiger partial charge is 0.127 e. The summed E-state index contributed by atoms with van der Waals surface area (Å²) in [5.74, 6) is 0.875. The van der Waals surface area contributed by atoms with Crippen LogP contribution in [0.1, 0.15) is 38.3 Å². The van der Waals surface area contributed by atoms with E-state index in [9.17, 15) is 5.11 Å². The highest BCUT2D eigenvalue weighted by Crippen LogP contribution is 2.29. The zero-order valence-corrected chi connectivity index (χ0v) is 13.8. The van der Waals surface area contributed by atoms with E-state index in [1.807, 2.05) is 19.9 Å². The second-order valence-electron chi connectivity index (χ2n) is 4.95. The van der Waals surface area contributed by atoms with Gasteiger partial charge < -0.3 is 15.2 Å². The Morgan fingerprint density at radius 3 is 2.63 bits per heavy atom. The molecule has 4 heteroatoms. The fraction of sp³-hybridized carbons (Fsp3) is 0.600. The molecule has 0 aliphatic heterocycles. The lowest BCUT2D eigenvalue weighted by atomic mass is 10.1. The van der Waals surface area contributed by atoms with Crippen LogP contribution in [0.5, 0.6) is 5.75 Å². The molecule has 1 aromatic rings. The van der Waals surface area contributed by atoms with Gasteiger partial charge in [-0.1, -0.05) is 22.9 Å². The molecule has 0 bridgehead atoms. The number of aliphatic hydroxyl groups excluding tert-OH is 1. The van der Waals surface area contributed by atoms with Gasteiger partial charge in [0.1, 0.15) is 11.9 Å². The molecule has 1 aromatic carbocycles. The average Bonchev–Trinajstić information content (AvgIpc) is 2.33. The molecule has 0 aromatic heterocycles. The first-order valence-corrected chi connectivity index (χ1v) is 7.59. The third-order valence-electron chi connectivity index (χ3n) is 3.04. The summed E-state index contributed by atoms with van der Waals surface area (Å²) in [7, 11) is 0. The molecule has 108 valence electrons. The average molecular weight is 330 g/mol. The van der Waals surface area contributed by atoms with Gasteiger partial charge in [0, 0.05) is 16.6 Å². The first kappa shape index (κ1) is 16.5. The summed E-state index contributed by atoms with van der Waals surface area (Å²) in [5.41, 5.74) is 2.20. The Kier molecular flexibility index (Phi) is 6.83. The van der Waals surface area contributed by atoms with Gasteiger partial charge in [0.2, 0.25) is 0 Å². The Bertz CT molecular complexity index is 407. The molecule has 0 heterocycles. The van der Waals surface area contributed by atoms with Crippen molar-refractivity contribution in [1.29, 1.82) is 0 Å². The molecule has 0 fully saturated rings. The van der Waals surface area contributed by atoms with Crippen molar-refractivity contribution < 1.29 is 9.84 Å². The number of hydrogen-bond acceptors (Lipinski definition) is 3. The highest BCUT2D eigenvalue weighted by Gasteiger charge is 2.15. The number of aryl methyl sites for hydroxylation is 1. The third-order valence-corrected chi connectivity index (χ3v) is 3.50. The predicted molar refractivity (Wildman–Crippen MR) is 82.6 cm³/mol. The second-order valence-corrected chi connectivity index (χ2v) is 5.87. The van der Waals surface area contributed by atoms with E-state index in [0.717, 1.165) is 40.9 Å². The normalized spacial score (nSPS) is 14.2. The van der Waals surface area contributed by atoms with E-state index in [-0.39, 0.29) is 6.10 Å². The van der Waals surface area contributed by atoms with Crippen LogP contribution in [0.3, 0.4) is 0 Å². The molecule has 0 radical (unpaired) electrons. The van der Waals surface area contributed by atoms with Crippen LogP contribution in [0.4, 0.5) is 0 Å². The highest BCUT2D eigenvalue weighted by molar-refractivity contribution is 9.10. The van der Waals surface area contributed by atoms with E-state index in [1.54, 1.807) is 6.92 Å². The molecule has 1 rings (SSSR count). The van der Waals surface area contributed by atoms with E-state index in [0.29, 0.717) is 0 Å². The van der Waals surface area contributed by atoms with E-state index in [4.69, 9.17) is 4.74 Å². The standard InChI is InChI=1S/C15H24BrNO2/c1-5-6-17-9-13-8-14(16)7-10(2)15(13)19-12(4)11(3)18/h7-8,11-12,17-18H,5-6,9H2,1-4H3. The molecular weight excluding hydrogens is 306 g/mol. The van der Waals surface area contributed by atoms with E-state index >= 15 is 0 Å². The Balaban J connectivity index is 2.92.